The number of hydrogen-bond acceptors (Lipinski definition) is 3. The lowest BCUT2D eigenvalue weighted by Gasteiger charge is -2.19. The van der Waals surface area contributed by atoms with Gasteiger partial charge in [0.05, 0.1) is 18.4 Å². The Morgan fingerprint density at radius 3 is 2.47 bits per heavy atom. The van der Waals surface area contributed by atoms with Crippen molar-refractivity contribution in [2.24, 2.45) is 0 Å². The number of rotatable bonds is 3. The van der Waals surface area contributed by atoms with Gasteiger partial charge in [0.1, 0.15) is 0 Å². The summed E-state index contributed by atoms with van der Waals surface area (Å²) in [4.78, 5) is 2.53. The van der Waals surface area contributed by atoms with Gasteiger partial charge < -0.3 is 10.6 Å². The molecule has 1 aromatic heterocycles. The fourth-order valence-electron chi connectivity index (χ4n) is 2.11. The lowest BCUT2D eigenvalue weighted by atomic mass is 10.2. The molecule has 1 aliphatic heterocycles. The van der Waals surface area contributed by atoms with Crippen LogP contribution in [-0.2, 0) is 6.54 Å². The molecule has 0 atom stereocenters. The van der Waals surface area contributed by atoms with Crippen LogP contribution in [0.5, 0.6) is 0 Å². The molecule has 0 radical (unpaired) electrons. The lowest BCUT2D eigenvalue weighted by Crippen LogP contribution is -2.28. The molecule has 2 rings (SSSR count). The van der Waals surface area contributed by atoms with Crippen molar-refractivity contribution in [2.75, 3.05) is 25.4 Å². The van der Waals surface area contributed by atoms with E-state index in [9.17, 15) is 0 Å². The molecule has 0 amide bonds. The molecule has 2 N–H and O–H groups in total. The monoisotopic (exact) mass is 208 g/mol. The minimum absolute atomic E-state index is 0.755. The van der Waals surface area contributed by atoms with Gasteiger partial charge in [0.2, 0.25) is 0 Å². The molecular formula is C11H20N4. The zero-order chi connectivity index (χ0) is 10.5. The van der Waals surface area contributed by atoms with Gasteiger partial charge in [-0.1, -0.05) is 12.8 Å². The molecule has 15 heavy (non-hydrogen) atoms. The minimum Gasteiger partial charge on any atom is -0.396 e. The molecule has 0 bridgehead atoms. The highest BCUT2D eigenvalue weighted by Crippen LogP contribution is 2.09. The maximum Gasteiger partial charge on any atom is 0.0719 e. The van der Waals surface area contributed by atoms with E-state index < -0.39 is 0 Å². The molecule has 4 heteroatoms. The normalized spacial score (nSPS) is 18.9. The van der Waals surface area contributed by atoms with Crippen LogP contribution in [0, 0.1) is 0 Å². The maximum absolute atomic E-state index is 5.62. The first-order chi connectivity index (χ1) is 7.34. The number of nitrogens with zero attached hydrogens (tertiary/aromatic N) is 3. The molecule has 1 aromatic rings. The van der Waals surface area contributed by atoms with Gasteiger partial charge in [-0.25, -0.2) is 0 Å². The Balaban J connectivity index is 1.76. The zero-order valence-electron chi connectivity index (χ0n) is 9.23. The second-order valence-corrected chi connectivity index (χ2v) is 4.29. The van der Waals surface area contributed by atoms with Crippen LogP contribution < -0.4 is 5.73 Å². The van der Waals surface area contributed by atoms with Crippen molar-refractivity contribution in [1.82, 2.24) is 14.7 Å². The zero-order valence-corrected chi connectivity index (χ0v) is 9.23. The van der Waals surface area contributed by atoms with Crippen LogP contribution in [0.15, 0.2) is 12.4 Å². The molecule has 0 aromatic carbocycles. The number of likely N-dealkylation sites (tertiary alicyclic amines) is 1. The van der Waals surface area contributed by atoms with Crippen LogP contribution in [0.4, 0.5) is 5.69 Å². The average molecular weight is 208 g/mol. The van der Waals surface area contributed by atoms with Crippen molar-refractivity contribution in [1.29, 1.82) is 0 Å². The van der Waals surface area contributed by atoms with Crippen LogP contribution in [0.3, 0.4) is 0 Å². The molecule has 4 nitrogen and oxygen atoms in total. The van der Waals surface area contributed by atoms with E-state index in [2.05, 4.69) is 10.00 Å². The molecule has 1 saturated heterocycles. The summed E-state index contributed by atoms with van der Waals surface area (Å²) in [5.41, 5.74) is 6.37. The van der Waals surface area contributed by atoms with E-state index in [4.69, 9.17) is 5.73 Å². The topological polar surface area (TPSA) is 47.1 Å². The summed E-state index contributed by atoms with van der Waals surface area (Å²) in [5.74, 6) is 0. The molecule has 0 unspecified atom stereocenters. The van der Waals surface area contributed by atoms with Gasteiger partial charge in [-0.3, -0.25) is 4.68 Å². The predicted octanol–water partition coefficient (Wildman–Crippen LogP) is 1.34. The van der Waals surface area contributed by atoms with Crippen molar-refractivity contribution in [3.8, 4) is 0 Å². The SMILES string of the molecule is Nc1cnn(CCN2CCCCCC2)c1. The van der Waals surface area contributed by atoms with Gasteiger partial charge in [0.25, 0.3) is 0 Å². The lowest BCUT2D eigenvalue weighted by molar-refractivity contribution is 0.269. The Morgan fingerprint density at radius 2 is 1.87 bits per heavy atom. The highest BCUT2D eigenvalue weighted by atomic mass is 15.3. The Morgan fingerprint density at radius 1 is 1.13 bits per heavy atom. The number of nitrogens with two attached hydrogens (primary N) is 1. The Hall–Kier alpha value is -1.03. The standard InChI is InChI=1S/C11H20N4/c12-11-9-13-15(10-11)8-7-14-5-3-1-2-4-6-14/h9-10H,1-8,12H2. The summed E-state index contributed by atoms with van der Waals surface area (Å²) in [5, 5.41) is 4.19. The molecule has 1 fully saturated rings. The van der Waals surface area contributed by atoms with Crippen LogP contribution in [0.2, 0.25) is 0 Å². The maximum atomic E-state index is 5.62. The Bertz CT molecular complexity index is 287. The van der Waals surface area contributed by atoms with E-state index in [1.807, 2.05) is 10.9 Å². The second-order valence-electron chi connectivity index (χ2n) is 4.29. The number of anilines is 1. The summed E-state index contributed by atoms with van der Waals surface area (Å²) in [6, 6.07) is 0. The highest BCUT2D eigenvalue weighted by molar-refractivity contribution is 5.30. The quantitative estimate of drug-likeness (QED) is 0.815. The summed E-state index contributed by atoms with van der Waals surface area (Å²) in [7, 11) is 0. The van der Waals surface area contributed by atoms with Crippen molar-refractivity contribution in [3.63, 3.8) is 0 Å². The van der Waals surface area contributed by atoms with Gasteiger partial charge >= 0.3 is 0 Å². The molecule has 0 saturated carbocycles. The first-order valence-electron chi connectivity index (χ1n) is 5.85. The Labute approximate surface area is 91.1 Å². The van der Waals surface area contributed by atoms with Crippen molar-refractivity contribution in [2.45, 2.75) is 32.2 Å². The molecule has 1 aliphatic rings. The summed E-state index contributed by atoms with van der Waals surface area (Å²) >= 11 is 0. The second kappa shape index (κ2) is 5.16. The fraction of sp³-hybridized carbons (Fsp3) is 0.727. The van der Waals surface area contributed by atoms with E-state index in [1.165, 1.54) is 38.8 Å². The van der Waals surface area contributed by atoms with Crippen LogP contribution in [-0.4, -0.2) is 34.3 Å². The van der Waals surface area contributed by atoms with Gasteiger partial charge in [-0.05, 0) is 25.9 Å². The van der Waals surface area contributed by atoms with Gasteiger partial charge in [0, 0.05) is 12.7 Å². The molecule has 0 aliphatic carbocycles. The van der Waals surface area contributed by atoms with Gasteiger partial charge in [-0.2, -0.15) is 5.10 Å². The van der Waals surface area contributed by atoms with Crippen LogP contribution >= 0.6 is 0 Å². The highest BCUT2D eigenvalue weighted by Gasteiger charge is 2.08. The molecular weight excluding hydrogens is 188 g/mol. The number of hydrogen-bond donors (Lipinski definition) is 1. The first kappa shape index (κ1) is 10.5. The summed E-state index contributed by atoms with van der Waals surface area (Å²) in [6.45, 7) is 4.55. The number of aromatic nitrogens is 2. The van der Waals surface area contributed by atoms with Gasteiger partial charge in [-0.15, -0.1) is 0 Å². The van der Waals surface area contributed by atoms with Gasteiger partial charge in [0.15, 0.2) is 0 Å². The van der Waals surface area contributed by atoms with E-state index in [-0.39, 0.29) is 0 Å². The van der Waals surface area contributed by atoms with Crippen molar-refractivity contribution in [3.05, 3.63) is 12.4 Å². The van der Waals surface area contributed by atoms with E-state index in [1.54, 1.807) is 6.20 Å². The molecule has 2 heterocycles. The van der Waals surface area contributed by atoms with E-state index >= 15 is 0 Å². The first-order valence-corrected chi connectivity index (χ1v) is 5.85. The fourth-order valence-corrected chi connectivity index (χ4v) is 2.11. The van der Waals surface area contributed by atoms with Crippen molar-refractivity contribution < 1.29 is 0 Å². The molecule has 0 spiro atoms. The summed E-state index contributed by atoms with van der Waals surface area (Å²) in [6.07, 6.45) is 9.10. The van der Waals surface area contributed by atoms with Crippen LogP contribution in [0.25, 0.3) is 0 Å². The van der Waals surface area contributed by atoms with Crippen molar-refractivity contribution >= 4 is 5.69 Å². The Kier molecular flexibility index (Phi) is 3.61. The summed E-state index contributed by atoms with van der Waals surface area (Å²) < 4.78 is 1.93. The van der Waals surface area contributed by atoms with E-state index in [0.29, 0.717) is 0 Å². The van der Waals surface area contributed by atoms with Crippen LogP contribution in [0.1, 0.15) is 25.7 Å². The van der Waals surface area contributed by atoms with E-state index in [0.717, 1.165) is 18.8 Å². The third kappa shape index (κ3) is 3.23. The minimum atomic E-state index is 0.755. The largest absolute Gasteiger partial charge is 0.396 e. The average Bonchev–Trinajstić information content (AvgIpc) is 2.52. The third-order valence-electron chi connectivity index (χ3n) is 3.00. The molecule has 84 valence electrons. The third-order valence-corrected chi connectivity index (χ3v) is 3.00. The smallest absolute Gasteiger partial charge is 0.0719 e. The number of nitrogen functional groups attached to an aromatic ring is 1. The predicted molar refractivity (Wildman–Crippen MR) is 61.5 cm³/mol.